The van der Waals surface area contributed by atoms with Gasteiger partial charge in [0.05, 0.1) is 4.92 Å². The zero-order chi connectivity index (χ0) is 13.1. The Morgan fingerprint density at radius 3 is 2.65 bits per heavy atom. The Bertz CT molecular complexity index is 588. The molecule has 0 aliphatic rings. The van der Waals surface area contributed by atoms with E-state index in [4.69, 9.17) is 16.3 Å². The number of terminal acetylenes is 1. The van der Waals surface area contributed by atoms with Crippen LogP contribution in [0.2, 0.25) is 0 Å². The van der Waals surface area contributed by atoms with Gasteiger partial charge in [-0.15, -0.1) is 6.42 Å². The van der Waals surface area contributed by atoms with Crippen LogP contribution in [0.5, 0.6) is 5.75 Å². The number of nitro groups is 1. The van der Waals surface area contributed by atoms with Gasteiger partial charge in [-0.2, -0.15) is 0 Å². The number of nitrogens with zero attached hydrogens (tertiary/aromatic N) is 1. The third-order valence-electron chi connectivity index (χ3n) is 1.76. The zero-order valence-corrected chi connectivity index (χ0v) is 9.31. The fraction of sp³-hybridized carbons (Fsp3) is 0.111. The number of hydrogen-bond acceptors (Lipinski definition) is 5. The van der Waals surface area contributed by atoms with Gasteiger partial charge in [0.25, 0.3) is 5.69 Å². The van der Waals surface area contributed by atoms with E-state index in [1.165, 1.54) is 0 Å². The van der Waals surface area contributed by atoms with Gasteiger partial charge in [-0.3, -0.25) is 10.1 Å². The van der Waals surface area contributed by atoms with E-state index >= 15 is 0 Å². The lowest BCUT2D eigenvalue weighted by Gasteiger charge is -2.07. The SMILES string of the molecule is C#CCOc1ccc([N+](=O)[O-])cc1S(N)(=O)=O. The summed E-state index contributed by atoms with van der Waals surface area (Å²) in [4.78, 5) is 9.30. The van der Waals surface area contributed by atoms with E-state index in [1.807, 2.05) is 0 Å². The zero-order valence-electron chi connectivity index (χ0n) is 8.49. The summed E-state index contributed by atoms with van der Waals surface area (Å²) in [5.74, 6) is 2.03. The molecule has 0 heterocycles. The Labute approximate surface area is 97.4 Å². The normalized spacial score (nSPS) is 10.6. The fourth-order valence-electron chi connectivity index (χ4n) is 1.07. The molecule has 0 bridgehead atoms. The van der Waals surface area contributed by atoms with Gasteiger partial charge in [0, 0.05) is 12.1 Å². The van der Waals surface area contributed by atoms with Crippen molar-refractivity contribution in [3.05, 3.63) is 28.3 Å². The van der Waals surface area contributed by atoms with Crippen LogP contribution in [-0.4, -0.2) is 19.9 Å². The second-order valence-electron chi connectivity index (χ2n) is 2.93. The Morgan fingerprint density at radius 1 is 1.53 bits per heavy atom. The van der Waals surface area contributed by atoms with Crippen LogP contribution >= 0.6 is 0 Å². The molecule has 0 amide bonds. The van der Waals surface area contributed by atoms with Crippen molar-refractivity contribution in [1.82, 2.24) is 0 Å². The van der Waals surface area contributed by atoms with Gasteiger partial charge >= 0.3 is 0 Å². The van der Waals surface area contributed by atoms with Crippen molar-refractivity contribution in [1.29, 1.82) is 0 Å². The van der Waals surface area contributed by atoms with Crippen molar-refractivity contribution < 1.29 is 18.1 Å². The Kier molecular flexibility index (Phi) is 3.67. The Morgan fingerprint density at radius 2 is 2.18 bits per heavy atom. The van der Waals surface area contributed by atoms with Crippen LogP contribution in [-0.2, 0) is 10.0 Å². The van der Waals surface area contributed by atoms with E-state index in [-0.39, 0.29) is 12.4 Å². The molecule has 0 aliphatic carbocycles. The highest BCUT2D eigenvalue weighted by molar-refractivity contribution is 7.89. The topological polar surface area (TPSA) is 113 Å². The number of ether oxygens (including phenoxy) is 1. The van der Waals surface area contributed by atoms with E-state index < -0.39 is 25.5 Å². The fourth-order valence-corrected chi connectivity index (χ4v) is 1.76. The third-order valence-corrected chi connectivity index (χ3v) is 2.69. The molecule has 0 radical (unpaired) electrons. The van der Waals surface area contributed by atoms with Crippen LogP contribution in [0.4, 0.5) is 5.69 Å². The van der Waals surface area contributed by atoms with Crippen molar-refractivity contribution in [3.8, 4) is 18.1 Å². The summed E-state index contributed by atoms with van der Waals surface area (Å²) < 4.78 is 27.4. The van der Waals surface area contributed by atoms with Gasteiger partial charge in [0.15, 0.2) is 0 Å². The lowest BCUT2D eigenvalue weighted by molar-refractivity contribution is -0.385. The third kappa shape index (κ3) is 3.17. The maximum Gasteiger partial charge on any atom is 0.271 e. The number of primary sulfonamides is 1. The van der Waals surface area contributed by atoms with E-state index in [0.29, 0.717) is 0 Å². The van der Waals surface area contributed by atoms with E-state index in [2.05, 4.69) is 5.92 Å². The van der Waals surface area contributed by atoms with E-state index in [9.17, 15) is 18.5 Å². The van der Waals surface area contributed by atoms with Crippen LogP contribution in [0, 0.1) is 22.5 Å². The number of nitrogens with two attached hydrogens (primary N) is 1. The molecule has 1 rings (SSSR count). The summed E-state index contributed by atoms with van der Waals surface area (Å²) in [6.45, 7) is -0.166. The lowest BCUT2D eigenvalue weighted by Crippen LogP contribution is -2.14. The molecule has 0 saturated carbocycles. The predicted octanol–water partition coefficient (Wildman–Crippen LogP) is 0.254. The number of benzene rings is 1. The quantitative estimate of drug-likeness (QED) is 0.471. The molecule has 2 N–H and O–H groups in total. The maximum atomic E-state index is 11.2. The van der Waals surface area contributed by atoms with Crippen LogP contribution in [0.15, 0.2) is 23.1 Å². The largest absolute Gasteiger partial charge is 0.480 e. The molecule has 8 heteroatoms. The lowest BCUT2D eigenvalue weighted by atomic mass is 10.3. The first kappa shape index (κ1) is 13.0. The molecule has 0 aromatic heterocycles. The number of hydrogen-bond donors (Lipinski definition) is 1. The predicted molar refractivity (Wildman–Crippen MR) is 58.8 cm³/mol. The van der Waals surface area contributed by atoms with Gasteiger partial charge in [-0.1, -0.05) is 5.92 Å². The summed E-state index contributed by atoms with van der Waals surface area (Å²) >= 11 is 0. The second-order valence-corrected chi connectivity index (χ2v) is 4.46. The van der Waals surface area contributed by atoms with Crippen molar-refractivity contribution >= 4 is 15.7 Å². The Hall–Kier alpha value is -2.11. The molecule has 1 aromatic rings. The molecular weight excluding hydrogens is 248 g/mol. The standard InChI is InChI=1S/C9H8N2O5S/c1-2-5-16-8-4-3-7(11(12)13)6-9(8)17(10,14)15/h1,3-4,6H,5H2,(H2,10,14,15). The van der Waals surface area contributed by atoms with E-state index in [1.54, 1.807) is 0 Å². The maximum absolute atomic E-state index is 11.2. The number of nitro benzene ring substituents is 1. The minimum Gasteiger partial charge on any atom is -0.480 e. The van der Waals surface area contributed by atoms with Gasteiger partial charge < -0.3 is 4.74 Å². The average Bonchev–Trinajstić information content (AvgIpc) is 2.24. The van der Waals surface area contributed by atoms with Crippen LogP contribution < -0.4 is 9.88 Å². The first-order valence-corrected chi connectivity index (χ1v) is 5.78. The number of rotatable bonds is 4. The molecule has 17 heavy (non-hydrogen) atoms. The molecule has 0 unspecified atom stereocenters. The molecule has 0 fully saturated rings. The average molecular weight is 256 g/mol. The van der Waals surface area contributed by atoms with Crippen molar-refractivity contribution in [2.24, 2.45) is 5.14 Å². The monoisotopic (exact) mass is 256 g/mol. The molecule has 90 valence electrons. The molecule has 0 aliphatic heterocycles. The number of sulfonamides is 1. The van der Waals surface area contributed by atoms with Crippen LogP contribution in [0.3, 0.4) is 0 Å². The molecule has 7 nitrogen and oxygen atoms in total. The molecule has 0 spiro atoms. The van der Waals surface area contributed by atoms with Crippen molar-refractivity contribution in [2.45, 2.75) is 4.90 Å². The summed E-state index contributed by atoms with van der Waals surface area (Å²) in [7, 11) is -4.12. The molecular formula is C9H8N2O5S. The highest BCUT2D eigenvalue weighted by atomic mass is 32.2. The van der Waals surface area contributed by atoms with Crippen molar-refractivity contribution in [2.75, 3.05) is 6.61 Å². The van der Waals surface area contributed by atoms with Gasteiger partial charge in [-0.25, -0.2) is 13.6 Å². The van der Waals surface area contributed by atoms with Gasteiger partial charge in [-0.05, 0) is 6.07 Å². The van der Waals surface area contributed by atoms with Crippen LogP contribution in [0.1, 0.15) is 0 Å². The first-order valence-electron chi connectivity index (χ1n) is 4.23. The summed E-state index contributed by atoms with van der Waals surface area (Å²) in [6, 6.07) is 3.05. The number of non-ortho nitro benzene ring substituents is 1. The summed E-state index contributed by atoms with van der Waals surface area (Å²) in [5.41, 5.74) is -0.401. The smallest absolute Gasteiger partial charge is 0.271 e. The van der Waals surface area contributed by atoms with Gasteiger partial charge in [0.2, 0.25) is 10.0 Å². The minimum atomic E-state index is -4.12. The summed E-state index contributed by atoms with van der Waals surface area (Å²) in [6.07, 6.45) is 4.95. The van der Waals surface area contributed by atoms with E-state index in [0.717, 1.165) is 18.2 Å². The molecule has 1 aromatic carbocycles. The highest BCUT2D eigenvalue weighted by Gasteiger charge is 2.19. The minimum absolute atomic E-state index is 0.115. The van der Waals surface area contributed by atoms with Crippen LogP contribution in [0.25, 0.3) is 0 Å². The summed E-state index contributed by atoms with van der Waals surface area (Å²) in [5, 5.41) is 15.4. The van der Waals surface area contributed by atoms with Gasteiger partial charge in [0.1, 0.15) is 17.3 Å². The van der Waals surface area contributed by atoms with Crippen molar-refractivity contribution in [3.63, 3.8) is 0 Å². The molecule has 0 atom stereocenters. The Balaban J connectivity index is 3.33. The highest BCUT2D eigenvalue weighted by Crippen LogP contribution is 2.27. The molecule has 0 saturated heterocycles. The second kappa shape index (κ2) is 4.82. The first-order chi connectivity index (χ1) is 7.86.